The van der Waals surface area contributed by atoms with Crippen LogP contribution in [0.25, 0.3) is 0 Å². The molecule has 0 heterocycles. The van der Waals surface area contributed by atoms with Gasteiger partial charge in [-0.2, -0.15) is 4.72 Å². The van der Waals surface area contributed by atoms with Crippen LogP contribution in [0.4, 0.5) is 0 Å². The third-order valence-corrected chi connectivity index (χ3v) is 6.79. The lowest BCUT2D eigenvalue weighted by atomic mass is 10.0. The lowest BCUT2D eigenvalue weighted by Crippen LogP contribution is -2.48. The molecule has 8 heteroatoms. The number of methoxy groups -OCH3 is 1. The first-order valence-corrected chi connectivity index (χ1v) is 12.5. The fourth-order valence-corrected chi connectivity index (χ4v) is 4.79. The van der Waals surface area contributed by atoms with Crippen molar-refractivity contribution in [2.45, 2.75) is 37.2 Å². The summed E-state index contributed by atoms with van der Waals surface area (Å²) in [5.41, 5.74) is 1.63. The maximum Gasteiger partial charge on any atom is 0.241 e. The Bertz CT molecular complexity index is 1180. The number of nitrogens with one attached hydrogen (secondary N) is 2. The van der Waals surface area contributed by atoms with E-state index in [9.17, 15) is 13.2 Å². The minimum Gasteiger partial charge on any atom is -0.496 e. The number of carbonyl (C=O) groups is 1. The number of carbonyl (C=O) groups excluding carboxylic acids is 1. The van der Waals surface area contributed by atoms with E-state index in [-0.39, 0.29) is 11.3 Å². The summed E-state index contributed by atoms with van der Waals surface area (Å²) >= 11 is 0. The molecular weight excluding hydrogens is 452 g/mol. The van der Waals surface area contributed by atoms with Gasteiger partial charge < -0.3 is 14.8 Å². The Labute approximate surface area is 201 Å². The van der Waals surface area contributed by atoms with E-state index < -0.39 is 28.0 Å². The molecule has 3 aromatic carbocycles. The van der Waals surface area contributed by atoms with Crippen molar-refractivity contribution in [2.75, 3.05) is 13.7 Å². The summed E-state index contributed by atoms with van der Waals surface area (Å²) in [5, 5.41) is 2.93. The van der Waals surface area contributed by atoms with Crippen LogP contribution >= 0.6 is 0 Å². The van der Waals surface area contributed by atoms with Crippen molar-refractivity contribution in [1.82, 2.24) is 10.0 Å². The van der Waals surface area contributed by atoms with Crippen molar-refractivity contribution in [2.24, 2.45) is 0 Å². The van der Waals surface area contributed by atoms with Crippen molar-refractivity contribution in [3.63, 3.8) is 0 Å². The Morgan fingerprint density at radius 2 is 1.59 bits per heavy atom. The van der Waals surface area contributed by atoms with E-state index >= 15 is 0 Å². The van der Waals surface area contributed by atoms with E-state index in [2.05, 4.69) is 10.0 Å². The summed E-state index contributed by atoms with van der Waals surface area (Å²) in [4.78, 5) is 13.3. The van der Waals surface area contributed by atoms with Gasteiger partial charge in [0.15, 0.2) is 0 Å². The third-order valence-electron chi connectivity index (χ3n) is 5.31. The SMILES string of the molecule is CCOc1ccc(S(=O)(=O)N[C@H](Cc2ccccc2)C(=O)N[C@@H](C)c2ccccc2OC)cc1. The van der Waals surface area contributed by atoms with Gasteiger partial charge in [-0.1, -0.05) is 48.5 Å². The molecule has 3 aromatic rings. The van der Waals surface area contributed by atoms with Crippen LogP contribution in [0.5, 0.6) is 11.5 Å². The zero-order valence-corrected chi connectivity index (χ0v) is 20.3. The number of benzene rings is 3. The van der Waals surface area contributed by atoms with Gasteiger partial charge in [0.2, 0.25) is 15.9 Å². The second-order valence-corrected chi connectivity index (χ2v) is 9.45. The van der Waals surface area contributed by atoms with Crippen LogP contribution in [0.2, 0.25) is 0 Å². The zero-order valence-electron chi connectivity index (χ0n) is 19.5. The van der Waals surface area contributed by atoms with E-state index in [1.54, 1.807) is 19.2 Å². The molecule has 3 rings (SSSR count). The minimum absolute atomic E-state index is 0.0552. The van der Waals surface area contributed by atoms with E-state index in [1.165, 1.54) is 12.1 Å². The molecule has 0 unspecified atom stereocenters. The number of amides is 1. The summed E-state index contributed by atoms with van der Waals surface area (Å²) in [5.74, 6) is 0.785. The fraction of sp³-hybridized carbons (Fsp3) is 0.269. The minimum atomic E-state index is -3.96. The van der Waals surface area contributed by atoms with Gasteiger partial charge >= 0.3 is 0 Å². The normalized spacial score (nSPS) is 13.0. The predicted molar refractivity (Wildman–Crippen MR) is 131 cm³/mol. The highest BCUT2D eigenvalue weighted by atomic mass is 32.2. The Hall–Kier alpha value is -3.36. The van der Waals surface area contributed by atoms with Crippen molar-refractivity contribution in [3.05, 3.63) is 90.0 Å². The largest absolute Gasteiger partial charge is 0.496 e. The van der Waals surface area contributed by atoms with Gasteiger partial charge in [-0.25, -0.2) is 8.42 Å². The first kappa shape index (κ1) is 25.3. The quantitative estimate of drug-likeness (QED) is 0.433. The smallest absolute Gasteiger partial charge is 0.241 e. The maximum atomic E-state index is 13.3. The number of para-hydroxylation sites is 1. The van der Waals surface area contributed by atoms with E-state index in [1.807, 2.05) is 68.4 Å². The highest BCUT2D eigenvalue weighted by molar-refractivity contribution is 7.89. The second-order valence-electron chi connectivity index (χ2n) is 7.74. The molecule has 1 amide bonds. The van der Waals surface area contributed by atoms with Gasteiger partial charge in [0.05, 0.1) is 24.7 Å². The predicted octanol–water partition coefficient (Wildman–Crippen LogP) is 3.86. The third kappa shape index (κ3) is 6.59. The van der Waals surface area contributed by atoms with Gasteiger partial charge in [0.1, 0.15) is 17.5 Å². The summed E-state index contributed by atoms with van der Waals surface area (Å²) in [6, 6.07) is 21.4. The van der Waals surface area contributed by atoms with Gasteiger partial charge in [0.25, 0.3) is 0 Å². The monoisotopic (exact) mass is 482 g/mol. The van der Waals surface area contributed by atoms with Gasteiger partial charge in [-0.05, 0) is 56.2 Å². The van der Waals surface area contributed by atoms with Crippen LogP contribution in [0.15, 0.2) is 83.8 Å². The molecule has 180 valence electrons. The Kier molecular flexibility index (Phi) is 8.67. The van der Waals surface area contributed by atoms with Gasteiger partial charge in [-0.3, -0.25) is 4.79 Å². The number of rotatable bonds is 11. The molecule has 0 fully saturated rings. The first-order valence-electron chi connectivity index (χ1n) is 11.1. The standard InChI is InChI=1S/C26H30N2O5S/c1-4-33-21-14-16-22(17-15-21)34(30,31)28-24(18-20-10-6-5-7-11-20)26(29)27-19(2)23-12-8-9-13-25(23)32-3/h5-17,19,24,28H,4,18H2,1-3H3,(H,27,29)/t19-,24+/m0/s1. The van der Waals surface area contributed by atoms with Crippen LogP contribution in [0.3, 0.4) is 0 Å². The van der Waals surface area contributed by atoms with E-state index in [0.29, 0.717) is 18.1 Å². The molecule has 0 aliphatic heterocycles. The molecular formula is C26H30N2O5S. The highest BCUT2D eigenvalue weighted by Crippen LogP contribution is 2.24. The van der Waals surface area contributed by atoms with E-state index in [0.717, 1.165) is 11.1 Å². The number of hydrogen-bond donors (Lipinski definition) is 2. The molecule has 0 aromatic heterocycles. The summed E-state index contributed by atoms with van der Waals surface area (Å²) < 4.78 is 39.6. The zero-order chi connectivity index (χ0) is 24.6. The lowest BCUT2D eigenvalue weighted by molar-refractivity contribution is -0.123. The van der Waals surface area contributed by atoms with Crippen LogP contribution in [-0.4, -0.2) is 34.1 Å². The molecule has 2 atom stereocenters. The second kappa shape index (κ2) is 11.7. The number of hydrogen-bond acceptors (Lipinski definition) is 5. The molecule has 0 saturated heterocycles. The molecule has 0 saturated carbocycles. The molecule has 0 spiro atoms. The van der Waals surface area contributed by atoms with E-state index in [4.69, 9.17) is 9.47 Å². The summed E-state index contributed by atoms with van der Waals surface area (Å²) in [7, 11) is -2.39. The van der Waals surface area contributed by atoms with Crippen LogP contribution in [-0.2, 0) is 21.2 Å². The first-order chi connectivity index (χ1) is 16.3. The number of ether oxygens (including phenoxy) is 2. The Morgan fingerprint density at radius 3 is 2.24 bits per heavy atom. The molecule has 0 bridgehead atoms. The highest BCUT2D eigenvalue weighted by Gasteiger charge is 2.27. The van der Waals surface area contributed by atoms with Gasteiger partial charge in [-0.15, -0.1) is 0 Å². The molecule has 7 nitrogen and oxygen atoms in total. The molecule has 34 heavy (non-hydrogen) atoms. The van der Waals surface area contributed by atoms with Gasteiger partial charge in [0, 0.05) is 5.56 Å². The lowest BCUT2D eigenvalue weighted by Gasteiger charge is -2.23. The Balaban J connectivity index is 1.83. The van der Waals surface area contributed by atoms with Crippen LogP contribution in [0, 0.1) is 0 Å². The van der Waals surface area contributed by atoms with Crippen molar-refractivity contribution in [1.29, 1.82) is 0 Å². The molecule has 2 N–H and O–H groups in total. The molecule has 0 aliphatic carbocycles. The average molecular weight is 483 g/mol. The van der Waals surface area contributed by atoms with Crippen LogP contribution in [0.1, 0.15) is 31.0 Å². The topological polar surface area (TPSA) is 93.7 Å². The summed E-state index contributed by atoms with van der Waals surface area (Å²) in [6.07, 6.45) is 0.196. The average Bonchev–Trinajstić information content (AvgIpc) is 2.84. The van der Waals surface area contributed by atoms with Crippen molar-refractivity contribution in [3.8, 4) is 11.5 Å². The van der Waals surface area contributed by atoms with Crippen molar-refractivity contribution < 1.29 is 22.7 Å². The maximum absolute atomic E-state index is 13.3. The molecule has 0 aliphatic rings. The Morgan fingerprint density at radius 1 is 0.941 bits per heavy atom. The van der Waals surface area contributed by atoms with Crippen LogP contribution < -0.4 is 19.5 Å². The molecule has 0 radical (unpaired) electrons. The summed E-state index contributed by atoms with van der Waals surface area (Å²) in [6.45, 7) is 4.16. The van der Waals surface area contributed by atoms with Crippen molar-refractivity contribution >= 4 is 15.9 Å². The number of sulfonamides is 1. The fourth-order valence-electron chi connectivity index (χ4n) is 3.59.